The second kappa shape index (κ2) is 9.54. The molecule has 3 aromatic rings. The number of rotatable bonds is 7. The molecule has 0 radical (unpaired) electrons. The molecule has 2 aromatic carbocycles. The smallest absolute Gasteiger partial charge is 0.271 e. The highest BCUT2D eigenvalue weighted by atomic mass is 32.2. The van der Waals surface area contributed by atoms with Crippen molar-refractivity contribution in [3.63, 3.8) is 0 Å². The lowest BCUT2D eigenvalue weighted by Gasteiger charge is -2.19. The Morgan fingerprint density at radius 3 is 2.31 bits per heavy atom. The van der Waals surface area contributed by atoms with E-state index in [1.165, 1.54) is 24.1 Å². The van der Waals surface area contributed by atoms with Gasteiger partial charge in [0.05, 0.1) is 6.54 Å². The first-order chi connectivity index (χ1) is 15.1. The van der Waals surface area contributed by atoms with E-state index in [0.29, 0.717) is 0 Å². The van der Waals surface area contributed by atoms with E-state index < -0.39 is 15.9 Å². The Balaban J connectivity index is 1.68. The van der Waals surface area contributed by atoms with Crippen LogP contribution in [0, 0.1) is 20.8 Å². The lowest BCUT2D eigenvalue weighted by molar-refractivity contribution is -0.116. The van der Waals surface area contributed by atoms with E-state index in [1.54, 1.807) is 29.6 Å². The van der Waals surface area contributed by atoms with Gasteiger partial charge in [-0.05, 0) is 61.5 Å². The Hall–Kier alpha value is -3.17. The van der Waals surface area contributed by atoms with Gasteiger partial charge in [0, 0.05) is 24.0 Å². The van der Waals surface area contributed by atoms with Crippen LogP contribution in [-0.4, -0.2) is 38.7 Å². The molecule has 0 unspecified atom stereocenters. The SMILES string of the molecule is Cc1cc(C)c(NC(=O)CN(C)C(=O)c2cccc(NS(=O)(=O)c3cccs3)c2)c(C)c1. The van der Waals surface area contributed by atoms with Gasteiger partial charge in [-0.25, -0.2) is 8.42 Å². The summed E-state index contributed by atoms with van der Waals surface area (Å²) in [5.74, 6) is -0.708. The summed E-state index contributed by atoms with van der Waals surface area (Å²) in [5, 5.41) is 4.55. The fourth-order valence-corrected chi connectivity index (χ4v) is 5.44. The van der Waals surface area contributed by atoms with Crippen LogP contribution < -0.4 is 10.0 Å². The van der Waals surface area contributed by atoms with Crippen LogP contribution in [0.2, 0.25) is 0 Å². The summed E-state index contributed by atoms with van der Waals surface area (Å²) in [6.07, 6.45) is 0. The van der Waals surface area contributed by atoms with E-state index >= 15 is 0 Å². The molecule has 2 N–H and O–H groups in total. The zero-order chi connectivity index (χ0) is 23.5. The lowest BCUT2D eigenvalue weighted by Crippen LogP contribution is -2.35. The maximum absolute atomic E-state index is 12.8. The fraction of sp³-hybridized carbons (Fsp3) is 0.217. The monoisotopic (exact) mass is 471 g/mol. The van der Waals surface area contributed by atoms with Crippen LogP contribution in [0.1, 0.15) is 27.0 Å². The average molecular weight is 472 g/mol. The minimum atomic E-state index is -3.72. The van der Waals surface area contributed by atoms with Crippen molar-refractivity contribution in [1.82, 2.24) is 4.90 Å². The molecule has 7 nitrogen and oxygen atoms in total. The van der Waals surface area contributed by atoms with Crippen LogP contribution in [0.3, 0.4) is 0 Å². The minimum absolute atomic E-state index is 0.142. The standard InChI is InChI=1S/C23H25N3O4S2/c1-15-11-16(2)22(17(3)12-15)24-20(27)14-26(4)23(28)18-7-5-8-19(13-18)25-32(29,30)21-9-6-10-31-21/h5-13,25H,14H2,1-4H3,(H,24,27). The van der Waals surface area contributed by atoms with Gasteiger partial charge >= 0.3 is 0 Å². The van der Waals surface area contributed by atoms with Crippen molar-refractivity contribution in [1.29, 1.82) is 0 Å². The first-order valence-electron chi connectivity index (χ1n) is 9.86. The quantitative estimate of drug-likeness (QED) is 0.540. The second-order valence-electron chi connectivity index (χ2n) is 7.60. The van der Waals surface area contributed by atoms with Gasteiger partial charge in [-0.15, -0.1) is 11.3 Å². The van der Waals surface area contributed by atoms with Crippen molar-refractivity contribution in [2.24, 2.45) is 0 Å². The number of sulfonamides is 1. The topological polar surface area (TPSA) is 95.6 Å². The molecule has 1 aromatic heterocycles. The molecule has 0 atom stereocenters. The van der Waals surface area contributed by atoms with Gasteiger partial charge in [0.25, 0.3) is 15.9 Å². The van der Waals surface area contributed by atoms with Crippen molar-refractivity contribution in [2.45, 2.75) is 25.0 Å². The molecule has 0 bridgehead atoms. The van der Waals surface area contributed by atoms with Gasteiger partial charge in [-0.1, -0.05) is 29.8 Å². The maximum Gasteiger partial charge on any atom is 0.271 e. The highest BCUT2D eigenvalue weighted by molar-refractivity contribution is 7.94. The van der Waals surface area contributed by atoms with Crippen LogP contribution in [-0.2, 0) is 14.8 Å². The van der Waals surface area contributed by atoms with Crippen molar-refractivity contribution >= 4 is 44.5 Å². The molecule has 0 spiro atoms. The molecule has 9 heteroatoms. The summed E-state index contributed by atoms with van der Waals surface area (Å²) in [6, 6.07) is 13.3. The molecule has 0 saturated heterocycles. The number of carbonyl (C=O) groups is 2. The fourth-order valence-electron chi connectivity index (χ4n) is 3.40. The van der Waals surface area contributed by atoms with Crippen molar-refractivity contribution in [2.75, 3.05) is 23.6 Å². The van der Waals surface area contributed by atoms with Crippen LogP contribution >= 0.6 is 11.3 Å². The summed E-state index contributed by atoms with van der Waals surface area (Å²) < 4.78 is 27.5. The molecule has 32 heavy (non-hydrogen) atoms. The van der Waals surface area contributed by atoms with Gasteiger partial charge in [0.15, 0.2) is 0 Å². The van der Waals surface area contributed by atoms with E-state index in [4.69, 9.17) is 0 Å². The zero-order valence-electron chi connectivity index (χ0n) is 18.3. The highest BCUT2D eigenvalue weighted by Gasteiger charge is 2.19. The number of thiophene rings is 1. The molecular weight excluding hydrogens is 446 g/mol. The normalized spacial score (nSPS) is 11.1. The van der Waals surface area contributed by atoms with Crippen molar-refractivity contribution < 1.29 is 18.0 Å². The second-order valence-corrected chi connectivity index (χ2v) is 10.5. The van der Waals surface area contributed by atoms with Gasteiger partial charge in [0.2, 0.25) is 5.91 Å². The molecule has 3 rings (SSSR count). The Labute approximate surface area is 192 Å². The largest absolute Gasteiger partial charge is 0.332 e. The molecule has 0 saturated carbocycles. The van der Waals surface area contributed by atoms with E-state index in [2.05, 4.69) is 10.0 Å². The van der Waals surface area contributed by atoms with Gasteiger partial charge in [-0.3, -0.25) is 14.3 Å². The van der Waals surface area contributed by atoms with Gasteiger partial charge in [-0.2, -0.15) is 0 Å². The molecule has 0 aliphatic rings. The predicted molar refractivity (Wildman–Crippen MR) is 128 cm³/mol. The zero-order valence-corrected chi connectivity index (χ0v) is 19.9. The van der Waals surface area contributed by atoms with E-state index in [0.717, 1.165) is 33.7 Å². The molecular formula is C23H25N3O4S2. The number of benzene rings is 2. The third-order valence-electron chi connectivity index (χ3n) is 4.79. The first kappa shape index (κ1) is 23.5. The van der Waals surface area contributed by atoms with Crippen LogP contribution in [0.4, 0.5) is 11.4 Å². The average Bonchev–Trinajstić information content (AvgIpc) is 3.26. The Morgan fingerprint density at radius 1 is 1.00 bits per heavy atom. The van der Waals surface area contributed by atoms with E-state index in [9.17, 15) is 18.0 Å². The third-order valence-corrected chi connectivity index (χ3v) is 7.57. The van der Waals surface area contributed by atoms with Gasteiger partial charge in [0.1, 0.15) is 4.21 Å². The molecule has 0 fully saturated rings. The maximum atomic E-state index is 12.8. The van der Waals surface area contributed by atoms with E-state index in [-0.39, 0.29) is 27.9 Å². The minimum Gasteiger partial charge on any atom is -0.332 e. The summed E-state index contributed by atoms with van der Waals surface area (Å²) in [5.41, 5.74) is 4.31. The predicted octanol–water partition coefficient (Wildman–Crippen LogP) is 4.18. The number of aryl methyl sites for hydroxylation is 3. The number of hydrogen-bond donors (Lipinski definition) is 2. The van der Waals surface area contributed by atoms with E-state index in [1.807, 2.05) is 32.9 Å². The van der Waals surface area contributed by atoms with Gasteiger partial charge < -0.3 is 10.2 Å². The highest BCUT2D eigenvalue weighted by Crippen LogP contribution is 2.23. The Bertz CT molecular complexity index is 1230. The van der Waals surface area contributed by atoms with Crippen LogP contribution in [0.15, 0.2) is 58.1 Å². The molecule has 0 aliphatic carbocycles. The summed E-state index contributed by atoms with van der Waals surface area (Å²) in [4.78, 5) is 26.7. The van der Waals surface area contributed by atoms with Crippen LogP contribution in [0.25, 0.3) is 0 Å². The van der Waals surface area contributed by atoms with Crippen molar-refractivity contribution in [3.8, 4) is 0 Å². The first-order valence-corrected chi connectivity index (χ1v) is 12.2. The third kappa shape index (κ3) is 5.54. The number of amides is 2. The Kier molecular flexibility index (Phi) is 7.00. The Morgan fingerprint density at radius 2 is 1.69 bits per heavy atom. The number of likely N-dealkylation sites (N-methyl/N-ethyl adjacent to an activating group) is 1. The molecule has 2 amide bonds. The van der Waals surface area contributed by atoms with Crippen LogP contribution in [0.5, 0.6) is 0 Å². The summed E-state index contributed by atoms with van der Waals surface area (Å²) in [7, 11) is -2.19. The summed E-state index contributed by atoms with van der Waals surface area (Å²) >= 11 is 1.10. The molecule has 1 heterocycles. The molecule has 168 valence electrons. The number of carbonyl (C=O) groups excluding carboxylic acids is 2. The van der Waals surface area contributed by atoms with Crippen molar-refractivity contribution in [3.05, 3.63) is 76.2 Å². The number of hydrogen-bond acceptors (Lipinski definition) is 5. The summed E-state index contributed by atoms with van der Waals surface area (Å²) in [6.45, 7) is 5.70. The number of anilines is 2. The molecule has 0 aliphatic heterocycles. The number of nitrogens with one attached hydrogen (secondary N) is 2. The number of nitrogens with zero attached hydrogens (tertiary/aromatic N) is 1. The lowest BCUT2D eigenvalue weighted by atomic mass is 10.1.